The molecule has 0 saturated heterocycles. The second kappa shape index (κ2) is 39.9. The molecule has 5 aromatic carbocycles. The van der Waals surface area contributed by atoms with E-state index in [1.807, 2.05) is 107 Å². The van der Waals surface area contributed by atoms with Crippen molar-refractivity contribution in [3.63, 3.8) is 0 Å². The molecule has 10 amide bonds. The predicted molar refractivity (Wildman–Crippen MR) is 528 cm³/mol. The number of amides is 10. The Kier molecular flexibility index (Phi) is 26.3. The zero-order chi connectivity index (χ0) is 98.1. The van der Waals surface area contributed by atoms with Crippen molar-refractivity contribution in [3.05, 3.63) is 236 Å². The Bertz CT molecular complexity index is 6570. The fourth-order valence-corrected chi connectivity index (χ4v) is 26.7. The molecule has 746 valence electrons. The number of aromatic nitrogens is 1. The Hall–Kier alpha value is -13.6. The van der Waals surface area contributed by atoms with E-state index in [1.54, 1.807) is 59.0 Å². The van der Waals surface area contributed by atoms with E-state index in [0.717, 1.165) is 223 Å². The first-order valence-electron chi connectivity index (χ1n) is 50.7. The zero-order valence-electron chi connectivity index (χ0n) is 79.5. The number of alkyl halides is 2. The van der Waals surface area contributed by atoms with Gasteiger partial charge >= 0.3 is 6.43 Å². The summed E-state index contributed by atoms with van der Waals surface area (Å²) in [5, 5.41) is 58.9. The standard InChI is InChI=1S/C23H25N3O3.C22H26N4O3.C21H21F2N3O3.C21H23N3O4.C21H23N3O3S/c27-22-19-17(12-24-22)25-16-6-1-2-7-18(16)26(23(28)14-8-9-14)20(19)15-5-3-4-13-10-11-29-21(13)15;1-29-12-18(27)26-17-8-3-2-7-15(17)25-16-11-24-22(28)19(16)21(26)14-6-4-5-13-9-10-23-20(13)14;22-19(23)21(28)26-15-7-2-1-6-13(15)25-14-10-24-20(27)16(14)17(26)12-5-3-4-11-8-9-29-18(11)12;2*25-11-17(26)24-16-7-2-1-6-14(16)23-15-10-22-21(27)18(15)19(24)13-5-3-4-12-8-9-28-20(12)13/h3-5,10-11,14,16,18,20,25H,1-2,6-9,12H2,(H,24,27);4-6,9-10,15,17,21,23,25H,2-3,7-8,11-12H2,1H3,(H,24,28);3-5,8-9,13,15,17,19,25H,1-2,6-7,10H2,(H,24,27);2*3-5,8-9,14,16,19,23,25H,1-2,6-7,10-11H2,(H,22,27)/t16-,18?,20-;15-,17?,21-;13-,15?,17-;2*14-,16?,19-/m11111/s1. The number of thiophene rings is 1. The lowest BCUT2D eigenvalue weighted by atomic mass is 9.86. The molecule has 10 aliphatic heterocycles. The number of benzene rings is 5. The van der Waals surface area contributed by atoms with Crippen molar-refractivity contribution in [1.82, 2.24) is 82.7 Å². The molecule has 6 fully saturated rings. The van der Waals surface area contributed by atoms with E-state index in [1.165, 1.54) is 11.2 Å². The van der Waals surface area contributed by atoms with Gasteiger partial charge in [0.2, 0.25) is 23.6 Å². The SMILES string of the molecule is COCC(=O)N1C2CCCC[C@H]2NC2=C(C(=O)NC2)[C@H]1c1cccc2cc[nH]c12.O=C1NCC2=C1[C@@H](c1cccc3ccoc13)N(C(=O)C(F)F)C1CCCC[C@H]1N2.O=C1NCC2=C1[C@@H](c1cccc3ccoc13)N(C(=O)C1CC1)C1CCCC[C@H]1N2.O=C1NCC2=C1[C@@H](c1cccc3ccoc13)N(C(=O)CO)C1CCCC[C@H]1N2.O=C1NCC2=C1[C@@H](c1cccc3ccsc13)N(C(=O)CO)C1CCCC[C@H]1N2. The quantitative estimate of drug-likeness (QED) is 0.0572. The van der Waals surface area contributed by atoms with Gasteiger partial charge in [-0.15, -0.1) is 11.3 Å². The van der Waals surface area contributed by atoms with Crippen LogP contribution in [0.5, 0.6) is 0 Å². The molecule has 5 aromatic heterocycles. The van der Waals surface area contributed by atoms with Gasteiger partial charge in [-0.3, -0.25) is 47.9 Å². The van der Waals surface area contributed by atoms with E-state index < -0.39 is 61.8 Å². The molecule has 0 spiro atoms. The highest BCUT2D eigenvalue weighted by Crippen LogP contribution is 2.52. The highest BCUT2D eigenvalue weighted by molar-refractivity contribution is 7.17. The number of fused-ring (bicyclic) bond motifs is 10. The zero-order valence-corrected chi connectivity index (χ0v) is 80.3. The van der Waals surface area contributed by atoms with Crippen molar-refractivity contribution in [2.24, 2.45) is 5.92 Å². The van der Waals surface area contributed by atoms with Crippen LogP contribution in [0.15, 0.2) is 221 Å². The maximum absolute atomic E-state index is 13.7. The Balaban J connectivity index is 0.000000102. The summed E-state index contributed by atoms with van der Waals surface area (Å²) in [6.45, 7) is 1.07. The molecule has 5 unspecified atom stereocenters. The maximum atomic E-state index is 13.7. The number of rotatable bonds is 11. The first kappa shape index (κ1) is 94.3. The van der Waals surface area contributed by atoms with Crippen LogP contribution in [0.3, 0.4) is 0 Å². The minimum Gasteiger partial charge on any atom is -0.464 e. The van der Waals surface area contributed by atoms with Gasteiger partial charge in [-0.05, 0) is 129 Å². The Morgan fingerprint density at radius 2 is 0.699 bits per heavy atom. The van der Waals surface area contributed by atoms with E-state index >= 15 is 0 Å². The van der Waals surface area contributed by atoms with Crippen molar-refractivity contribution in [2.75, 3.05) is 59.7 Å². The summed E-state index contributed by atoms with van der Waals surface area (Å²) in [5.41, 5.74) is 14.2. The Morgan fingerprint density at radius 1 is 0.378 bits per heavy atom. The monoisotopic (exact) mass is 1960 g/mol. The van der Waals surface area contributed by atoms with Gasteiger partial charge in [0.05, 0.1) is 145 Å². The molecule has 15 atom stereocenters. The van der Waals surface area contributed by atoms with Crippen molar-refractivity contribution in [3.8, 4) is 0 Å². The highest BCUT2D eigenvalue weighted by atomic mass is 32.1. The number of furan rings is 3. The smallest absolute Gasteiger partial charge is 0.315 e. The number of aliphatic hydroxyl groups excluding tert-OH is 2. The van der Waals surface area contributed by atoms with Crippen LogP contribution in [-0.4, -0.2) is 225 Å². The molecule has 32 nitrogen and oxygen atoms in total. The summed E-state index contributed by atoms with van der Waals surface area (Å²) in [5.74, 6) is -2.52. The highest BCUT2D eigenvalue weighted by Gasteiger charge is 2.55. The molecule has 143 heavy (non-hydrogen) atoms. The third-order valence-corrected chi connectivity index (χ3v) is 33.1. The number of hydrogen-bond donors (Lipinski definition) is 13. The molecule has 0 radical (unpaired) electrons. The number of halogens is 2. The lowest BCUT2D eigenvalue weighted by Gasteiger charge is -2.42. The average molecular weight is 1970 g/mol. The van der Waals surface area contributed by atoms with Gasteiger partial charge < -0.3 is 111 Å². The number of methoxy groups -OCH3 is 1. The first-order chi connectivity index (χ1) is 69.8. The van der Waals surface area contributed by atoms with Gasteiger partial charge in [-0.2, -0.15) is 8.78 Å². The van der Waals surface area contributed by atoms with Gasteiger partial charge in [0.15, 0.2) is 0 Å². The van der Waals surface area contributed by atoms with Gasteiger partial charge in [-0.1, -0.05) is 155 Å². The molecular weight excluding hydrogens is 1850 g/mol. The lowest BCUT2D eigenvalue weighted by Crippen LogP contribution is -2.55. The van der Waals surface area contributed by atoms with Crippen LogP contribution in [0.2, 0.25) is 0 Å². The number of aliphatic hydroxyl groups is 2. The van der Waals surface area contributed by atoms with Crippen molar-refractivity contribution in [1.29, 1.82) is 0 Å². The van der Waals surface area contributed by atoms with E-state index in [-0.39, 0.29) is 120 Å². The average Bonchev–Trinajstić information content (AvgIpc) is 1.65. The van der Waals surface area contributed by atoms with Crippen LogP contribution in [0.1, 0.15) is 199 Å². The molecule has 35 heteroatoms. The number of nitrogens with zero attached hydrogens (tertiary/aromatic N) is 5. The number of para-hydroxylation sites is 4. The number of carbonyl (C=O) groups is 10. The number of nitrogens with one attached hydrogen (secondary N) is 11. The van der Waals surface area contributed by atoms with E-state index in [4.69, 9.17) is 18.0 Å². The summed E-state index contributed by atoms with van der Waals surface area (Å²) >= 11 is 1.63. The molecular formula is C108H118F2N16O16S. The molecule has 26 rings (SSSR count). The van der Waals surface area contributed by atoms with Crippen LogP contribution in [-0.2, 0) is 52.7 Å². The third kappa shape index (κ3) is 17.3. The maximum Gasteiger partial charge on any atom is 0.315 e. The van der Waals surface area contributed by atoms with Crippen LogP contribution in [0, 0.1) is 5.92 Å². The first-order valence-corrected chi connectivity index (χ1v) is 51.6. The van der Waals surface area contributed by atoms with Crippen LogP contribution < -0.4 is 53.2 Å². The molecule has 15 heterocycles. The predicted octanol–water partition coefficient (Wildman–Crippen LogP) is 11.5. The van der Waals surface area contributed by atoms with E-state index in [9.17, 15) is 66.9 Å². The normalized spacial score (nSPS) is 27.4. The summed E-state index contributed by atoms with van der Waals surface area (Å²) < 4.78 is 51.1. The minimum atomic E-state index is -3.15. The number of carbonyl (C=O) groups excluding carboxylic acids is 10. The van der Waals surface area contributed by atoms with Crippen LogP contribution >= 0.6 is 11.3 Å². The largest absolute Gasteiger partial charge is 0.464 e. The lowest BCUT2D eigenvalue weighted by molar-refractivity contribution is -0.149. The number of aromatic amines is 1. The van der Waals surface area contributed by atoms with Crippen LogP contribution in [0.4, 0.5) is 8.78 Å². The van der Waals surface area contributed by atoms with Crippen LogP contribution in [0.25, 0.3) is 53.9 Å². The second-order valence-electron chi connectivity index (χ2n) is 40.2. The topological polar surface area (TPSA) is 412 Å². The van der Waals surface area contributed by atoms with E-state index in [0.29, 0.717) is 89.4 Å². The van der Waals surface area contributed by atoms with Gasteiger partial charge in [0.25, 0.3) is 35.4 Å². The van der Waals surface area contributed by atoms with Gasteiger partial charge in [0, 0.05) is 121 Å². The minimum absolute atomic E-state index is 0.00462. The second-order valence-corrected chi connectivity index (χ2v) is 41.1. The molecule has 6 aliphatic carbocycles. The summed E-state index contributed by atoms with van der Waals surface area (Å²) in [6.07, 6.45) is 24.9. The third-order valence-electron chi connectivity index (χ3n) is 32.1. The number of ether oxygens (including phenoxy) is 1. The molecule has 13 N–H and O–H groups in total. The molecule has 16 aliphatic rings. The Morgan fingerprint density at radius 3 is 1.08 bits per heavy atom. The molecule has 0 bridgehead atoms. The fraction of sp³-hybridized carbons (Fsp3) is 0.444. The fourth-order valence-electron chi connectivity index (χ4n) is 25.8. The summed E-state index contributed by atoms with van der Waals surface area (Å²) in [7, 11) is 1.54. The van der Waals surface area contributed by atoms with Gasteiger partial charge in [0.1, 0.15) is 36.6 Å². The molecule has 10 aromatic rings. The van der Waals surface area contributed by atoms with Crippen molar-refractivity contribution >= 4 is 124 Å². The summed E-state index contributed by atoms with van der Waals surface area (Å²) in [4.78, 5) is 142. The summed E-state index contributed by atoms with van der Waals surface area (Å²) in [6, 6.07) is 36.1. The van der Waals surface area contributed by atoms with Crippen molar-refractivity contribution in [2.45, 2.75) is 238 Å². The molecule has 6 saturated carbocycles. The number of hydrogen-bond acceptors (Lipinski definition) is 22. The number of H-pyrrole nitrogens is 1. The Labute approximate surface area is 827 Å². The van der Waals surface area contributed by atoms with Crippen molar-refractivity contribution < 1.29 is 84.9 Å². The van der Waals surface area contributed by atoms with Gasteiger partial charge in [-0.25, -0.2) is 0 Å². The van der Waals surface area contributed by atoms with E-state index in [2.05, 4.69) is 75.2 Å².